The van der Waals surface area contributed by atoms with Gasteiger partial charge in [-0.25, -0.2) is 4.39 Å². The molecular weight excluding hydrogens is 429 g/mol. The van der Waals surface area contributed by atoms with Gasteiger partial charge in [0.25, 0.3) is 11.8 Å². The molecule has 0 saturated carbocycles. The number of benzene rings is 2. The minimum Gasteiger partial charge on any atom is -0.454 e. The summed E-state index contributed by atoms with van der Waals surface area (Å²) in [7, 11) is 3.87. The molecule has 8 nitrogen and oxygen atoms in total. The number of hydrogen-bond donors (Lipinski definition) is 0. The molecule has 1 saturated heterocycles. The molecular formula is C24H28FN3O5. The molecule has 33 heavy (non-hydrogen) atoms. The average molecular weight is 458 g/mol. The number of hydrogen-bond acceptors (Lipinski definition) is 6. The van der Waals surface area contributed by atoms with Gasteiger partial charge in [-0.2, -0.15) is 0 Å². The third-order valence-electron chi connectivity index (χ3n) is 5.67. The van der Waals surface area contributed by atoms with Crippen LogP contribution in [-0.4, -0.2) is 92.8 Å². The molecule has 0 aliphatic carbocycles. The van der Waals surface area contributed by atoms with Crippen LogP contribution >= 0.6 is 0 Å². The van der Waals surface area contributed by atoms with Crippen LogP contribution in [0.1, 0.15) is 20.7 Å². The Bertz CT molecular complexity index is 998. The van der Waals surface area contributed by atoms with Crippen LogP contribution in [0.15, 0.2) is 42.5 Å². The standard InChI is InChI=1S/C24H28FN3O5/c1-26(2)9-10-27(23(29)17-3-6-19(25)7-4-17)14-20-15-28(11-12-31-20)24(30)18-5-8-21-22(13-18)33-16-32-21/h3-8,13,20H,9-12,14-16H2,1-2H3. The fourth-order valence-corrected chi connectivity index (χ4v) is 3.84. The highest BCUT2D eigenvalue weighted by Gasteiger charge is 2.29. The summed E-state index contributed by atoms with van der Waals surface area (Å²) in [6.45, 7) is 2.84. The summed E-state index contributed by atoms with van der Waals surface area (Å²) in [6.07, 6.45) is -0.330. The summed E-state index contributed by atoms with van der Waals surface area (Å²) in [5.41, 5.74) is 0.936. The zero-order valence-electron chi connectivity index (χ0n) is 18.8. The number of nitrogens with zero attached hydrogens (tertiary/aromatic N) is 3. The lowest BCUT2D eigenvalue weighted by Crippen LogP contribution is -2.51. The molecule has 2 aromatic rings. The van der Waals surface area contributed by atoms with Gasteiger partial charge in [-0.05, 0) is 56.6 Å². The molecule has 2 aliphatic heterocycles. The van der Waals surface area contributed by atoms with E-state index < -0.39 is 0 Å². The van der Waals surface area contributed by atoms with Crippen molar-refractivity contribution in [1.29, 1.82) is 0 Å². The molecule has 1 fully saturated rings. The SMILES string of the molecule is CN(C)CCN(CC1CN(C(=O)c2ccc3c(c2)OCO3)CCO1)C(=O)c1ccc(F)cc1. The maximum Gasteiger partial charge on any atom is 0.254 e. The quantitative estimate of drug-likeness (QED) is 0.634. The number of morpholine rings is 1. The van der Waals surface area contributed by atoms with Gasteiger partial charge in [-0.1, -0.05) is 0 Å². The fraction of sp³-hybridized carbons (Fsp3) is 0.417. The molecule has 2 aromatic carbocycles. The molecule has 0 spiro atoms. The van der Waals surface area contributed by atoms with E-state index >= 15 is 0 Å². The highest BCUT2D eigenvalue weighted by molar-refractivity contribution is 5.95. The fourth-order valence-electron chi connectivity index (χ4n) is 3.84. The van der Waals surface area contributed by atoms with Crippen molar-refractivity contribution in [2.45, 2.75) is 6.10 Å². The van der Waals surface area contributed by atoms with Crippen LogP contribution < -0.4 is 9.47 Å². The number of fused-ring (bicyclic) bond motifs is 1. The van der Waals surface area contributed by atoms with Crippen molar-refractivity contribution in [1.82, 2.24) is 14.7 Å². The number of carbonyl (C=O) groups is 2. The van der Waals surface area contributed by atoms with Crippen LogP contribution in [0.2, 0.25) is 0 Å². The van der Waals surface area contributed by atoms with Gasteiger partial charge in [0.15, 0.2) is 11.5 Å². The first-order valence-corrected chi connectivity index (χ1v) is 10.9. The normalized spacial score (nSPS) is 17.3. The Kier molecular flexibility index (Phi) is 7.10. The molecule has 0 aromatic heterocycles. The molecule has 0 bridgehead atoms. The summed E-state index contributed by atoms with van der Waals surface area (Å²) in [5, 5.41) is 0. The minimum absolute atomic E-state index is 0.119. The van der Waals surface area contributed by atoms with E-state index in [2.05, 4.69) is 0 Å². The second-order valence-electron chi connectivity index (χ2n) is 8.37. The first-order valence-electron chi connectivity index (χ1n) is 10.9. The Morgan fingerprint density at radius 2 is 1.76 bits per heavy atom. The number of ether oxygens (including phenoxy) is 3. The summed E-state index contributed by atoms with van der Waals surface area (Å²) < 4.78 is 29.9. The lowest BCUT2D eigenvalue weighted by atomic mass is 10.1. The van der Waals surface area contributed by atoms with Gasteiger partial charge in [0, 0.05) is 43.9 Å². The Morgan fingerprint density at radius 3 is 2.52 bits per heavy atom. The topological polar surface area (TPSA) is 71.6 Å². The zero-order chi connectivity index (χ0) is 23.4. The van der Waals surface area contributed by atoms with Crippen molar-refractivity contribution < 1.29 is 28.2 Å². The molecule has 2 amide bonds. The summed E-state index contributed by atoms with van der Waals surface area (Å²) in [5.74, 6) is 0.485. The second-order valence-corrected chi connectivity index (χ2v) is 8.37. The lowest BCUT2D eigenvalue weighted by Gasteiger charge is -2.36. The van der Waals surface area contributed by atoms with Crippen molar-refractivity contribution in [2.24, 2.45) is 0 Å². The maximum absolute atomic E-state index is 13.3. The summed E-state index contributed by atoms with van der Waals surface area (Å²) in [6, 6.07) is 10.7. The Balaban J connectivity index is 1.44. The zero-order valence-corrected chi connectivity index (χ0v) is 18.8. The van der Waals surface area contributed by atoms with E-state index in [-0.39, 0.29) is 30.5 Å². The van der Waals surface area contributed by atoms with Crippen LogP contribution in [0.5, 0.6) is 11.5 Å². The van der Waals surface area contributed by atoms with Gasteiger partial charge in [-0.15, -0.1) is 0 Å². The van der Waals surface area contributed by atoms with Gasteiger partial charge in [0.05, 0.1) is 12.7 Å². The predicted octanol–water partition coefficient (Wildman–Crippen LogP) is 2.10. The Hall–Kier alpha value is -3.17. The van der Waals surface area contributed by atoms with Crippen molar-refractivity contribution >= 4 is 11.8 Å². The highest BCUT2D eigenvalue weighted by atomic mass is 19.1. The Labute approximate surface area is 192 Å². The Morgan fingerprint density at radius 1 is 1.03 bits per heavy atom. The molecule has 1 unspecified atom stereocenters. The van der Waals surface area contributed by atoms with Gasteiger partial charge in [0.2, 0.25) is 6.79 Å². The van der Waals surface area contributed by atoms with Gasteiger partial charge in [0.1, 0.15) is 5.82 Å². The predicted molar refractivity (Wildman–Crippen MR) is 119 cm³/mol. The molecule has 1 atom stereocenters. The molecule has 4 rings (SSSR count). The van der Waals surface area contributed by atoms with Crippen molar-refractivity contribution in [3.63, 3.8) is 0 Å². The largest absolute Gasteiger partial charge is 0.454 e. The molecule has 0 N–H and O–H groups in total. The first kappa shape index (κ1) is 23.0. The smallest absolute Gasteiger partial charge is 0.254 e. The summed E-state index contributed by atoms with van der Waals surface area (Å²) >= 11 is 0. The number of rotatable bonds is 7. The number of carbonyl (C=O) groups excluding carboxylic acids is 2. The van der Waals surface area contributed by atoms with Crippen molar-refractivity contribution in [3.8, 4) is 11.5 Å². The molecule has 2 heterocycles. The third kappa shape index (κ3) is 5.61. The van der Waals surface area contributed by atoms with Crippen LogP contribution in [0.3, 0.4) is 0 Å². The molecule has 0 radical (unpaired) electrons. The van der Waals surface area contributed by atoms with E-state index in [1.807, 2.05) is 19.0 Å². The van der Waals surface area contributed by atoms with Crippen LogP contribution in [-0.2, 0) is 4.74 Å². The molecule has 2 aliphatic rings. The third-order valence-corrected chi connectivity index (χ3v) is 5.67. The molecule has 176 valence electrons. The molecule has 9 heteroatoms. The van der Waals surface area contributed by atoms with Gasteiger partial charge in [-0.3, -0.25) is 9.59 Å². The van der Waals surface area contributed by atoms with E-state index in [0.717, 1.165) is 0 Å². The van der Waals surface area contributed by atoms with Gasteiger partial charge >= 0.3 is 0 Å². The van der Waals surface area contributed by atoms with E-state index in [1.165, 1.54) is 24.3 Å². The second kappa shape index (κ2) is 10.2. The van der Waals surface area contributed by atoms with Gasteiger partial charge < -0.3 is 28.9 Å². The van der Waals surface area contributed by atoms with E-state index in [0.29, 0.717) is 62.0 Å². The monoisotopic (exact) mass is 457 g/mol. The van der Waals surface area contributed by atoms with Crippen molar-refractivity contribution in [2.75, 3.05) is 60.2 Å². The van der Waals surface area contributed by atoms with Crippen LogP contribution in [0, 0.1) is 5.82 Å². The minimum atomic E-state index is -0.389. The number of amides is 2. The van der Waals surface area contributed by atoms with Crippen molar-refractivity contribution in [3.05, 3.63) is 59.4 Å². The number of halogens is 1. The number of likely N-dealkylation sites (N-methyl/N-ethyl adjacent to an activating group) is 1. The van der Waals surface area contributed by atoms with E-state index in [1.54, 1.807) is 28.0 Å². The first-order chi connectivity index (χ1) is 15.9. The van der Waals surface area contributed by atoms with E-state index in [4.69, 9.17) is 14.2 Å². The summed E-state index contributed by atoms with van der Waals surface area (Å²) in [4.78, 5) is 31.6. The van der Waals surface area contributed by atoms with E-state index in [9.17, 15) is 14.0 Å². The maximum atomic E-state index is 13.3. The highest BCUT2D eigenvalue weighted by Crippen LogP contribution is 2.33. The van der Waals surface area contributed by atoms with Crippen LogP contribution in [0.4, 0.5) is 4.39 Å². The lowest BCUT2D eigenvalue weighted by molar-refractivity contribution is -0.0334. The average Bonchev–Trinajstić information content (AvgIpc) is 3.29. The van der Waals surface area contributed by atoms with Crippen LogP contribution in [0.25, 0.3) is 0 Å².